The number of halogens is 1. The van der Waals surface area contributed by atoms with Gasteiger partial charge < -0.3 is 14.8 Å². The summed E-state index contributed by atoms with van der Waals surface area (Å²) in [5, 5.41) is 2.85. The zero-order chi connectivity index (χ0) is 18.2. The number of hydrogen-bond acceptors (Lipinski definition) is 3. The fourth-order valence-electron chi connectivity index (χ4n) is 2.33. The van der Waals surface area contributed by atoms with Crippen LogP contribution in [0.3, 0.4) is 0 Å². The number of aryl methyl sites for hydroxylation is 1. The predicted molar refractivity (Wildman–Crippen MR) is 95.4 cm³/mol. The van der Waals surface area contributed by atoms with E-state index in [2.05, 4.69) is 5.32 Å². The van der Waals surface area contributed by atoms with E-state index in [0.29, 0.717) is 13.0 Å². The van der Waals surface area contributed by atoms with Crippen molar-refractivity contribution in [3.8, 4) is 11.5 Å². The number of carbonyl (C=O) groups is 1. The van der Waals surface area contributed by atoms with Crippen LogP contribution in [0.4, 0.5) is 4.39 Å². The summed E-state index contributed by atoms with van der Waals surface area (Å²) < 4.78 is 24.9. The molecule has 0 saturated heterocycles. The predicted octanol–water partition coefficient (Wildman–Crippen LogP) is 3.88. The van der Waals surface area contributed by atoms with E-state index in [1.165, 1.54) is 12.1 Å². The average molecular weight is 345 g/mol. The summed E-state index contributed by atoms with van der Waals surface area (Å²) in [6.45, 7) is 5.98. The summed E-state index contributed by atoms with van der Waals surface area (Å²) >= 11 is 0. The molecule has 1 N–H and O–H groups in total. The Labute approximate surface area is 148 Å². The van der Waals surface area contributed by atoms with Gasteiger partial charge in [-0.15, -0.1) is 0 Å². The van der Waals surface area contributed by atoms with Gasteiger partial charge in [0.05, 0.1) is 6.04 Å². The topological polar surface area (TPSA) is 47.6 Å². The molecule has 134 valence electrons. The van der Waals surface area contributed by atoms with Crippen molar-refractivity contribution in [2.75, 3.05) is 6.61 Å². The van der Waals surface area contributed by atoms with E-state index in [1.54, 1.807) is 12.1 Å². The lowest BCUT2D eigenvalue weighted by Crippen LogP contribution is -2.44. The van der Waals surface area contributed by atoms with Gasteiger partial charge in [-0.3, -0.25) is 4.79 Å². The first-order valence-corrected chi connectivity index (χ1v) is 8.41. The van der Waals surface area contributed by atoms with E-state index < -0.39 is 11.9 Å². The van der Waals surface area contributed by atoms with Crippen LogP contribution in [-0.2, 0) is 4.79 Å². The van der Waals surface area contributed by atoms with E-state index in [1.807, 2.05) is 45.0 Å². The van der Waals surface area contributed by atoms with Crippen LogP contribution in [0.25, 0.3) is 0 Å². The molecule has 2 rings (SSSR count). The van der Waals surface area contributed by atoms with Crippen molar-refractivity contribution in [3.05, 3.63) is 59.9 Å². The van der Waals surface area contributed by atoms with E-state index in [9.17, 15) is 9.18 Å². The molecule has 5 heteroatoms. The molecule has 0 bridgehead atoms. The summed E-state index contributed by atoms with van der Waals surface area (Å²) in [5.74, 6) is 0.0999. The molecule has 0 heterocycles. The number of rotatable bonds is 8. The first-order chi connectivity index (χ1) is 12.0. The third-order valence-electron chi connectivity index (χ3n) is 3.74. The minimum Gasteiger partial charge on any atom is -0.491 e. The number of amides is 1. The standard InChI is InChI=1S/C20H24FNO3/c1-4-17(25-19-12-8-6-10-16(19)21)20(23)22-15(3)13-24-18-11-7-5-9-14(18)2/h5-12,15,17H,4,13H2,1-3H3,(H,22,23). The van der Waals surface area contributed by atoms with Gasteiger partial charge in [-0.1, -0.05) is 37.3 Å². The first-order valence-electron chi connectivity index (χ1n) is 8.41. The zero-order valence-electron chi connectivity index (χ0n) is 14.8. The van der Waals surface area contributed by atoms with Gasteiger partial charge >= 0.3 is 0 Å². The second-order valence-corrected chi connectivity index (χ2v) is 5.93. The molecule has 1 amide bonds. The average Bonchev–Trinajstić information content (AvgIpc) is 2.60. The lowest BCUT2D eigenvalue weighted by Gasteiger charge is -2.21. The summed E-state index contributed by atoms with van der Waals surface area (Å²) in [7, 11) is 0. The van der Waals surface area contributed by atoms with Crippen LogP contribution in [0.1, 0.15) is 25.8 Å². The van der Waals surface area contributed by atoms with E-state index in [4.69, 9.17) is 9.47 Å². The fourth-order valence-corrected chi connectivity index (χ4v) is 2.33. The van der Waals surface area contributed by atoms with Gasteiger partial charge in [-0.05, 0) is 44.0 Å². The molecule has 0 radical (unpaired) electrons. The molecule has 2 aromatic carbocycles. The molecule has 25 heavy (non-hydrogen) atoms. The Balaban J connectivity index is 1.88. The minimum atomic E-state index is -0.752. The van der Waals surface area contributed by atoms with Crippen molar-refractivity contribution in [3.63, 3.8) is 0 Å². The molecule has 0 fully saturated rings. The van der Waals surface area contributed by atoms with Crippen molar-refractivity contribution in [2.24, 2.45) is 0 Å². The van der Waals surface area contributed by atoms with Crippen molar-refractivity contribution < 1.29 is 18.7 Å². The summed E-state index contributed by atoms with van der Waals surface area (Å²) in [5.41, 5.74) is 1.04. The Hall–Kier alpha value is -2.56. The van der Waals surface area contributed by atoms with Gasteiger partial charge in [0.25, 0.3) is 5.91 Å². The van der Waals surface area contributed by atoms with Crippen molar-refractivity contribution >= 4 is 5.91 Å². The van der Waals surface area contributed by atoms with Gasteiger partial charge in [0.2, 0.25) is 0 Å². The second kappa shape index (κ2) is 9.06. The van der Waals surface area contributed by atoms with Crippen LogP contribution in [0, 0.1) is 12.7 Å². The number of benzene rings is 2. The Bertz CT molecular complexity index is 705. The molecule has 0 spiro atoms. The highest BCUT2D eigenvalue weighted by Crippen LogP contribution is 2.18. The van der Waals surface area contributed by atoms with Gasteiger partial charge in [0.15, 0.2) is 17.7 Å². The second-order valence-electron chi connectivity index (χ2n) is 5.93. The molecule has 2 atom stereocenters. The van der Waals surface area contributed by atoms with Gasteiger partial charge in [0, 0.05) is 0 Å². The largest absolute Gasteiger partial charge is 0.491 e. The maximum Gasteiger partial charge on any atom is 0.261 e. The van der Waals surface area contributed by atoms with Crippen LogP contribution in [-0.4, -0.2) is 24.7 Å². The third-order valence-corrected chi connectivity index (χ3v) is 3.74. The number of carbonyl (C=O) groups excluding carboxylic acids is 1. The van der Waals surface area contributed by atoms with Crippen molar-refractivity contribution in [2.45, 2.75) is 39.3 Å². The lowest BCUT2D eigenvalue weighted by molar-refractivity contribution is -0.129. The summed E-state index contributed by atoms with van der Waals surface area (Å²) in [4.78, 5) is 12.4. The zero-order valence-corrected chi connectivity index (χ0v) is 14.8. The molecular weight excluding hydrogens is 321 g/mol. The lowest BCUT2D eigenvalue weighted by atomic mass is 10.2. The molecule has 0 aliphatic heterocycles. The highest BCUT2D eigenvalue weighted by atomic mass is 19.1. The molecule has 0 aliphatic carbocycles. The Morgan fingerprint density at radius 3 is 2.40 bits per heavy atom. The molecule has 2 aromatic rings. The monoisotopic (exact) mass is 345 g/mol. The molecule has 0 saturated carbocycles. The highest BCUT2D eigenvalue weighted by Gasteiger charge is 2.21. The minimum absolute atomic E-state index is 0.0771. The van der Waals surface area contributed by atoms with Crippen LogP contribution < -0.4 is 14.8 Å². The van der Waals surface area contributed by atoms with Crippen molar-refractivity contribution in [1.29, 1.82) is 0 Å². The van der Waals surface area contributed by atoms with Crippen LogP contribution in [0.15, 0.2) is 48.5 Å². The van der Waals surface area contributed by atoms with Crippen LogP contribution in [0.2, 0.25) is 0 Å². The smallest absolute Gasteiger partial charge is 0.261 e. The van der Waals surface area contributed by atoms with Gasteiger partial charge in [-0.2, -0.15) is 0 Å². The van der Waals surface area contributed by atoms with E-state index in [0.717, 1.165) is 11.3 Å². The number of para-hydroxylation sites is 2. The molecular formula is C20H24FNO3. The highest BCUT2D eigenvalue weighted by molar-refractivity contribution is 5.81. The Morgan fingerprint density at radius 1 is 1.12 bits per heavy atom. The fraction of sp³-hybridized carbons (Fsp3) is 0.350. The maximum atomic E-state index is 13.7. The Morgan fingerprint density at radius 2 is 1.76 bits per heavy atom. The number of ether oxygens (including phenoxy) is 2. The molecule has 0 aromatic heterocycles. The quantitative estimate of drug-likeness (QED) is 0.790. The van der Waals surface area contributed by atoms with Crippen LogP contribution in [0.5, 0.6) is 11.5 Å². The third kappa shape index (κ3) is 5.48. The van der Waals surface area contributed by atoms with Crippen molar-refractivity contribution in [1.82, 2.24) is 5.32 Å². The van der Waals surface area contributed by atoms with Gasteiger partial charge in [-0.25, -0.2) is 4.39 Å². The molecule has 0 aliphatic rings. The Kier molecular flexibility index (Phi) is 6.81. The van der Waals surface area contributed by atoms with E-state index >= 15 is 0 Å². The number of nitrogens with one attached hydrogen (secondary N) is 1. The maximum absolute atomic E-state index is 13.7. The normalized spacial score (nSPS) is 13.0. The SMILES string of the molecule is CCC(Oc1ccccc1F)C(=O)NC(C)COc1ccccc1C. The van der Waals surface area contributed by atoms with Crippen LogP contribution >= 0.6 is 0 Å². The molecule has 4 nitrogen and oxygen atoms in total. The number of hydrogen-bond donors (Lipinski definition) is 1. The van der Waals surface area contributed by atoms with Gasteiger partial charge in [0.1, 0.15) is 12.4 Å². The molecule has 2 unspecified atom stereocenters. The summed E-state index contributed by atoms with van der Waals surface area (Å²) in [6, 6.07) is 13.6. The van der Waals surface area contributed by atoms with E-state index in [-0.39, 0.29) is 17.7 Å². The summed E-state index contributed by atoms with van der Waals surface area (Å²) in [6.07, 6.45) is -0.316. The first kappa shape index (κ1) is 18.8.